The Labute approximate surface area is 148 Å². The fourth-order valence-electron chi connectivity index (χ4n) is 3.60. The summed E-state index contributed by atoms with van der Waals surface area (Å²) in [5.74, 6) is 0.630. The smallest absolute Gasteiger partial charge is 0.121 e. The molecule has 1 heterocycles. The zero-order chi connectivity index (χ0) is 17.2. The van der Waals surface area contributed by atoms with Gasteiger partial charge in [-0.3, -0.25) is 0 Å². The van der Waals surface area contributed by atoms with E-state index in [4.69, 9.17) is 10.7 Å². The fraction of sp³-hybridized carbons (Fsp3) is 0.227. The molecule has 3 nitrogen and oxygen atoms in total. The van der Waals surface area contributed by atoms with Crippen LogP contribution >= 0.6 is 0 Å². The topological polar surface area (TPSA) is 50.4 Å². The van der Waals surface area contributed by atoms with Gasteiger partial charge in [-0.1, -0.05) is 61.5 Å². The Kier molecular flexibility index (Phi) is 4.24. The minimum atomic E-state index is -0.0192. The molecule has 0 saturated carbocycles. The standard InChI is InChI=1S/C22H23N3/c1-2-15-10-11-17-12-13-24-21(19(17)14-15)22(23)25-20-9-5-7-16-6-3-4-8-18(16)20/h3-11,14,21,24H,2,12-13H2,1H3,(H2,23,25). The maximum atomic E-state index is 6.47. The molecule has 3 aromatic rings. The first-order chi connectivity index (χ1) is 12.3. The Balaban J connectivity index is 1.76. The van der Waals surface area contributed by atoms with Crippen molar-refractivity contribution in [2.75, 3.05) is 6.54 Å². The Morgan fingerprint density at radius 1 is 1.12 bits per heavy atom. The van der Waals surface area contributed by atoms with E-state index in [0.717, 1.165) is 30.5 Å². The lowest BCUT2D eigenvalue weighted by atomic mass is 9.91. The van der Waals surface area contributed by atoms with Crippen molar-refractivity contribution in [3.8, 4) is 0 Å². The lowest BCUT2D eigenvalue weighted by molar-refractivity contribution is 0.600. The molecule has 126 valence electrons. The van der Waals surface area contributed by atoms with Gasteiger partial charge in [0, 0.05) is 11.9 Å². The van der Waals surface area contributed by atoms with Gasteiger partial charge in [0.15, 0.2) is 0 Å². The molecule has 25 heavy (non-hydrogen) atoms. The highest BCUT2D eigenvalue weighted by Crippen LogP contribution is 2.29. The molecule has 0 radical (unpaired) electrons. The molecule has 3 heteroatoms. The lowest BCUT2D eigenvalue weighted by Gasteiger charge is -2.27. The summed E-state index contributed by atoms with van der Waals surface area (Å²) in [6, 6.07) is 21.2. The highest BCUT2D eigenvalue weighted by molar-refractivity contribution is 5.97. The lowest BCUT2D eigenvalue weighted by Crippen LogP contribution is -2.38. The zero-order valence-electron chi connectivity index (χ0n) is 14.5. The number of nitrogens with one attached hydrogen (secondary N) is 1. The first-order valence-corrected chi connectivity index (χ1v) is 8.93. The van der Waals surface area contributed by atoms with Crippen LogP contribution in [0, 0.1) is 0 Å². The van der Waals surface area contributed by atoms with Crippen LogP contribution in [0.1, 0.15) is 29.7 Å². The fourth-order valence-corrected chi connectivity index (χ4v) is 3.60. The van der Waals surface area contributed by atoms with Crippen molar-refractivity contribution < 1.29 is 0 Å². The van der Waals surface area contributed by atoms with Crippen LogP contribution in [-0.2, 0) is 12.8 Å². The van der Waals surface area contributed by atoms with Crippen LogP contribution in [-0.4, -0.2) is 12.4 Å². The molecule has 0 aliphatic carbocycles. The third kappa shape index (κ3) is 3.03. The van der Waals surface area contributed by atoms with E-state index in [9.17, 15) is 0 Å². The molecule has 3 aromatic carbocycles. The van der Waals surface area contributed by atoms with Crippen LogP contribution in [0.25, 0.3) is 10.8 Å². The number of hydrogen-bond acceptors (Lipinski definition) is 2. The second kappa shape index (κ2) is 6.69. The molecule has 3 N–H and O–H groups in total. The van der Waals surface area contributed by atoms with Crippen molar-refractivity contribution in [1.82, 2.24) is 5.32 Å². The summed E-state index contributed by atoms with van der Waals surface area (Å²) in [5, 5.41) is 5.85. The van der Waals surface area contributed by atoms with Crippen molar-refractivity contribution in [2.24, 2.45) is 10.7 Å². The molecule has 0 fully saturated rings. The Morgan fingerprint density at radius 2 is 1.96 bits per heavy atom. The molecular formula is C22H23N3. The van der Waals surface area contributed by atoms with Crippen LogP contribution in [0.3, 0.4) is 0 Å². The maximum absolute atomic E-state index is 6.47. The molecule has 0 bridgehead atoms. The second-order valence-corrected chi connectivity index (χ2v) is 6.56. The molecule has 0 aromatic heterocycles. The van der Waals surface area contributed by atoms with Crippen molar-refractivity contribution in [3.05, 3.63) is 77.4 Å². The summed E-state index contributed by atoms with van der Waals surface area (Å²) in [4.78, 5) is 4.80. The summed E-state index contributed by atoms with van der Waals surface area (Å²) in [7, 11) is 0. The molecule has 1 atom stereocenters. The molecule has 4 rings (SSSR count). The molecular weight excluding hydrogens is 306 g/mol. The Morgan fingerprint density at radius 3 is 2.84 bits per heavy atom. The third-order valence-corrected chi connectivity index (χ3v) is 4.98. The van der Waals surface area contributed by atoms with E-state index in [-0.39, 0.29) is 6.04 Å². The van der Waals surface area contributed by atoms with E-state index < -0.39 is 0 Å². The first-order valence-electron chi connectivity index (χ1n) is 8.93. The van der Waals surface area contributed by atoms with E-state index >= 15 is 0 Å². The molecule has 1 aliphatic heterocycles. The summed E-state index contributed by atoms with van der Waals surface area (Å²) in [6.07, 6.45) is 2.07. The van der Waals surface area contributed by atoms with E-state index in [1.165, 1.54) is 22.1 Å². The number of amidine groups is 1. The van der Waals surface area contributed by atoms with Gasteiger partial charge in [0.1, 0.15) is 5.84 Å². The van der Waals surface area contributed by atoms with Gasteiger partial charge in [-0.05, 0) is 41.0 Å². The van der Waals surface area contributed by atoms with Crippen LogP contribution in [0.15, 0.2) is 65.7 Å². The van der Waals surface area contributed by atoms with Gasteiger partial charge in [0.05, 0.1) is 11.7 Å². The number of rotatable bonds is 3. The monoisotopic (exact) mass is 329 g/mol. The molecule has 1 unspecified atom stereocenters. The third-order valence-electron chi connectivity index (χ3n) is 4.98. The van der Waals surface area contributed by atoms with E-state index in [0.29, 0.717) is 5.84 Å². The minimum Gasteiger partial charge on any atom is -0.386 e. The summed E-state index contributed by atoms with van der Waals surface area (Å²) in [6.45, 7) is 3.11. The SMILES string of the molecule is CCc1ccc2c(c1)C(C(N)=Nc1cccc3ccccc13)NCC2. The molecule has 1 aliphatic rings. The Hall–Kier alpha value is -2.65. The quantitative estimate of drug-likeness (QED) is 0.557. The second-order valence-electron chi connectivity index (χ2n) is 6.56. The van der Waals surface area contributed by atoms with Crippen LogP contribution in [0.5, 0.6) is 0 Å². The average Bonchev–Trinajstić information content (AvgIpc) is 2.67. The van der Waals surface area contributed by atoms with Gasteiger partial charge in [-0.25, -0.2) is 4.99 Å². The highest BCUT2D eigenvalue weighted by atomic mass is 15.0. The number of fused-ring (bicyclic) bond motifs is 2. The number of aliphatic imine (C=N–C) groups is 1. The van der Waals surface area contributed by atoms with Gasteiger partial charge in [0.25, 0.3) is 0 Å². The van der Waals surface area contributed by atoms with Crippen LogP contribution in [0.2, 0.25) is 0 Å². The average molecular weight is 329 g/mol. The number of nitrogens with zero attached hydrogens (tertiary/aromatic N) is 1. The maximum Gasteiger partial charge on any atom is 0.121 e. The van der Waals surface area contributed by atoms with Gasteiger partial charge in [-0.15, -0.1) is 0 Å². The largest absolute Gasteiger partial charge is 0.386 e. The summed E-state index contributed by atoms with van der Waals surface area (Å²) >= 11 is 0. The predicted octanol–water partition coefficient (Wildman–Crippen LogP) is 4.28. The van der Waals surface area contributed by atoms with Gasteiger partial charge in [-0.2, -0.15) is 0 Å². The summed E-state index contributed by atoms with van der Waals surface area (Å²) < 4.78 is 0. The van der Waals surface area contributed by atoms with Crippen molar-refractivity contribution >= 4 is 22.3 Å². The van der Waals surface area contributed by atoms with Crippen molar-refractivity contribution in [1.29, 1.82) is 0 Å². The zero-order valence-corrected chi connectivity index (χ0v) is 14.5. The van der Waals surface area contributed by atoms with Gasteiger partial charge < -0.3 is 11.1 Å². The van der Waals surface area contributed by atoms with Crippen molar-refractivity contribution in [2.45, 2.75) is 25.8 Å². The van der Waals surface area contributed by atoms with Crippen molar-refractivity contribution in [3.63, 3.8) is 0 Å². The molecule has 0 amide bonds. The highest BCUT2D eigenvalue weighted by Gasteiger charge is 2.23. The Bertz CT molecular complexity index is 938. The van der Waals surface area contributed by atoms with E-state index in [1.54, 1.807) is 0 Å². The predicted molar refractivity (Wildman–Crippen MR) is 105 cm³/mol. The normalized spacial score (nSPS) is 17.5. The number of aryl methyl sites for hydroxylation is 1. The molecule has 0 spiro atoms. The van der Waals surface area contributed by atoms with Gasteiger partial charge >= 0.3 is 0 Å². The van der Waals surface area contributed by atoms with Gasteiger partial charge in [0.2, 0.25) is 0 Å². The van der Waals surface area contributed by atoms with E-state index in [1.807, 2.05) is 24.3 Å². The minimum absolute atomic E-state index is 0.0192. The van der Waals surface area contributed by atoms with Crippen LogP contribution in [0.4, 0.5) is 5.69 Å². The van der Waals surface area contributed by atoms with E-state index in [2.05, 4.69) is 48.6 Å². The first kappa shape index (κ1) is 15.9. The number of hydrogen-bond donors (Lipinski definition) is 2. The number of benzene rings is 3. The molecule has 0 saturated heterocycles. The van der Waals surface area contributed by atoms with Crippen LogP contribution < -0.4 is 11.1 Å². The summed E-state index contributed by atoms with van der Waals surface area (Å²) in [5.41, 5.74) is 11.4. The number of nitrogens with two attached hydrogens (primary N) is 1.